The van der Waals surface area contributed by atoms with Gasteiger partial charge >= 0.3 is 6.09 Å². The van der Waals surface area contributed by atoms with Crippen LogP contribution < -0.4 is 5.32 Å². The number of likely N-dealkylation sites (tertiary alicyclic amines) is 1. The van der Waals surface area contributed by atoms with Crippen molar-refractivity contribution in [3.05, 3.63) is 42.1 Å². The van der Waals surface area contributed by atoms with Crippen molar-refractivity contribution >= 4 is 17.0 Å². The third-order valence-corrected chi connectivity index (χ3v) is 3.83. The van der Waals surface area contributed by atoms with Crippen LogP contribution in [0.5, 0.6) is 0 Å². The van der Waals surface area contributed by atoms with Crippen LogP contribution in [-0.2, 0) is 11.3 Å². The molecule has 1 N–H and O–H groups in total. The summed E-state index contributed by atoms with van der Waals surface area (Å²) in [5.74, 6) is 0. The molecule has 1 fully saturated rings. The van der Waals surface area contributed by atoms with Gasteiger partial charge in [0.25, 0.3) is 0 Å². The molecule has 0 spiro atoms. The summed E-state index contributed by atoms with van der Waals surface area (Å²) in [7, 11) is 0. The minimum Gasteiger partial charge on any atom is -0.444 e. The lowest BCUT2D eigenvalue weighted by molar-refractivity contribution is 0.00519. The van der Waals surface area contributed by atoms with Gasteiger partial charge in [-0.3, -0.25) is 4.98 Å². The average Bonchev–Trinajstić information content (AvgIpc) is 2.44. The number of ether oxygens (including phenoxy) is 1. The van der Waals surface area contributed by atoms with Crippen LogP contribution in [0.3, 0.4) is 0 Å². The zero-order chi connectivity index (χ0) is 16.4. The van der Waals surface area contributed by atoms with Crippen LogP contribution >= 0.6 is 0 Å². The number of fused-ring (bicyclic) bond motifs is 1. The number of hydrogen-bond acceptors (Lipinski definition) is 4. The van der Waals surface area contributed by atoms with E-state index in [2.05, 4.69) is 34.6 Å². The average molecular weight is 313 g/mol. The van der Waals surface area contributed by atoms with Crippen LogP contribution in [-0.4, -0.2) is 40.7 Å². The first kappa shape index (κ1) is 15.7. The molecule has 122 valence electrons. The van der Waals surface area contributed by atoms with Crippen molar-refractivity contribution in [3.63, 3.8) is 0 Å². The molecule has 0 atom stereocenters. The third kappa shape index (κ3) is 3.79. The van der Waals surface area contributed by atoms with Gasteiger partial charge in [-0.2, -0.15) is 0 Å². The molecule has 5 heteroatoms. The first-order valence-corrected chi connectivity index (χ1v) is 7.96. The van der Waals surface area contributed by atoms with Crippen molar-refractivity contribution in [2.24, 2.45) is 0 Å². The van der Waals surface area contributed by atoms with Crippen LogP contribution in [0.4, 0.5) is 4.79 Å². The zero-order valence-corrected chi connectivity index (χ0v) is 13.9. The molecule has 2 heterocycles. The lowest BCUT2D eigenvalue weighted by atomic mass is 10.1. The third-order valence-electron chi connectivity index (χ3n) is 3.83. The molecular weight excluding hydrogens is 290 g/mol. The number of rotatable bonds is 3. The van der Waals surface area contributed by atoms with Crippen molar-refractivity contribution in [2.45, 2.75) is 39.0 Å². The first-order valence-electron chi connectivity index (χ1n) is 7.96. The molecule has 1 aliphatic rings. The molecular formula is C18H23N3O2. The van der Waals surface area contributed by atoms with E-state index in [4.69, 9.17) is 4.74 Å². The van der Waals surface area contributed by atoms with Gasteiger partial charge in [0.05, 0.1) is 5.52 Å². The maximum atomic E-state index is 11.9. The van der Waals surface area contributed by atoms with Crippen molar-refractivity contribution in [1.82, 2.24) is 15.2 Å². The smallest absolute Gasteiger partial charge is 0.410 e. The van der Waals surface area contributed by atoms with E-state index in [9.17, 15) is 4.79 Å². The van der Waals surface area contributed by atoms with Crippen LogP contribution in [0.25, 0.3) is 10.9 Å². The standard InChI is InChI=1S/C18H23N3O2/c1-18(2,3)23-17(22)21-11-15(12-21)20-10-14-7-4-6-13-8-5-9-19-16(13)14/h4-9,15,20H,10-12H2,1-3H3. The molecule has 1 aliphatic heterocycles. The maximum Gasteiger partial charge on any atom is 0.410 e. The Bertz CT molecular complexity index is 697. The van der Waals surface area contributed by atoms with Gasteiger partial charge in [-0.05, 0) is 32.4 Å². The summed E-state index contributed by atoms with van der Waals surface area (Å²) < 4.78 is 5.36. The predicted octanol–water partition coefficient (Wildman–Crippen LogP) is 2.94. The molecule has 0 saturated carbocycles. The van der Waals surface area contributed by atoms with E-state index in [0.29, 0.717) is 19.1 Å². The number of pyridine rings is 1. The number of carbonyl (C=O) groups excluding carboxylic acids is 1. The van der Waals surface area contributed by atoms with E-state index >= 15 is 0 Å². The van der Waals surface area contributed by atoms with E-state index in [1.54, 1.807) is 4.90 Å². The lowest BCUT2D eigenvalue weighted by Crippen LogP contribution is -2.60. The van der Waals surface area contributed by atoms with E-state index in [1.165, 1.54) is 5.56 Å². The molecule has 0 unspecified atom stereocenters. The first-order chi connectivity index (χ1) is 10.9. The fourth-order valence-electron chi connectivity index (χ4n) is 2.65. The summed E-state index contributed by atoms with van der Waals surface area (Å²) in [5, 5.41) is 4.63. The predicted molar refractivity (Wildman–Crippen MR) is 90.2 cm³/mol. The second-order valence-electron chi connectivity index (χ2n) is 6.96. The Hall–Kier alpha value is -2.14. The molecule has 5 nitrogen and oxygen atoms in total. The summed E-state index contributed by atoms with van der Waals surface area (Å²) in [6.07, 6.45) is 1.58. The number of nitrogens with one attached hydrogen (secondary N) is 1. The lowest BCUT2D eigenvalue weighted by Gasteiger charge is -2.40. The molecule has 0 radical (unpaired) electrons. The number of aromatic nitrogens is 1. The summed E-state index contributed by atoms with van der Waals surface area (Å²) in [5.41, 5.74) is 1.77. The molecule has 1 aromatic heterocycles. The van der Waals surface area contributed by atoms with Gasteiger partial charge in [-0.15, -0.1) is 0 Å². The second-order valence-corrected chi connectivity index (χ2v) is 6.96. The van der Waals surface area contributed by atoms with Crippen molar-refractivity contribution < 1.29 is 9.53 Å². The largest absolute Gasteiger partial charge is 0.444 e. The van der Waals surface area contributed by atoms with Crippen molar-refractivity contribution in [3.8, 4) is 0 Å². The highest BCUT2D eigenvalue weighted by Crippen LogP contribution is 2.18. The summed E-state index contributed by atoms with van der Waals surface area (Å²) in [4.78, 5) is 18.1. The van der Waals surface area contributed by atoms with Gasteiger partial charge < -0.3 is 15.0 Å². The number of hydrogen-bond donors (Lipinski definition) is 1. The normalized spacial score (nSPS) is 15.5. The molecule has 2 aromatic rings. The molecule has 3 rings (SSSR count). The minimum atomic E-state index is -0.440. The van der Waals surface area contributed by atoms with Gasteiger partial charge in [0, 0.05) is 37.3 Å². The van der Waals surface area contributed by atoms with Crippen molar-refractivity contribution in [2.75, 3.05) is 13.1 Å². The Morgan fingerprint density at radius 1 is 1.30 bits per heavy atom. The van der Waals surface area contributed by atoms with Crippen LogP contribution in [0, 0.1) is 0 Å². The van der Waals surface area contributed by atoms with Gasteiger partial charge in [-0.25, -0.2) is 4.79 Å². The highest BCUT2D eigenvalue weighted by molar-refractivity contribution is 5.81. The van der Waals surface area contributed by atoms with Gasteiger partial charge in [0.15, 0.2) is 0 Å². The molecule has 23 heavy (non-hydrogen) atoms. The Labute approximate surface area is 136 Å². The van der Waals surface area contributed by atoms with Crippen LogP contribution in [0.2, 0.25) is 0 Å². The monoisotopic (exact) mass is 313 g/mol. The fraction of sp³-hybridized carbons (Fsp3) is 0.444. The number of nitrogens with zero attached hydrogens (tertiary/aromatic N) is 2. The van der Waals surface area contributed by atoms with E-state index < -0.39 is 5.60 Å². The molecule has 0 aliphatic carbocycles. The Morgan fingerprint density at radius 3 is 2.78 bits per heavy atom. The minimum absolute atomic E-state index is 0.234. The zero-order valence-electron chi connectivity index (χ0n) is 13.9. The van der Waals surface area contributed by atoms with Crippen LogP contribution in [0.15, 0.2) is 36.5 Å². The number of benzene rings is 1. The van der Waals surface area contributed by atoms with Gasteiger partial charge in [0.2, 0.25) is 0 Å². The molecule has 1 amide bonds. The highest BCUT2D eigenvalue weighted by atomic mass is 16.6. The molecule has 0 bridgehead atoms. The summed E-state index contributed by atoms with van der Waals surface area (Å²) in [6.45, 7) is 7.77. The molecule has 1 saturated heterocycles. The van der Waals surface area contributed by atoms with E-state index in [-0.39, 0.29) is 6.09 Å². The van der Waals surface area contributed by atoms with Crippen LogP contribution in [0.1, 0.15) is 26.3 Å². The van der Waals surface area contributed by atoms with E-state index in [1.807, 2.05) is 33.0 Å². The quantitative estimate of drug-likeness (QED) is 0.946. The highest BCUT2D eigenvalue weighted by Gasteiger charge is 2.33. The Morgan fingerprint density at radius 2 is 2.04 bits per heavy atom. The fourth-order valence-corrected chi connectivity index (χ4v) is 2.65. The maximum absolute atomic E-state index is 11.9. The van der Waals surface area contributed by atoms with Gasteiger partial charge in [0.1, 0.15) is 5.60 Å². The Balaban J connectivity index is 1.52. The van der Waals surface area contributed by atoms with E-state index in [0.717, 1.165) is 17.4 Å². The number of amides is 1. The SMILES string of the molecule is CC(C)(C)OC(=O)N1CC(NCc2cccc3cccnc23)C1. The number of para-hydroxylation sites is 1. The topological polar surface area (TPSA) is 54.5 Å². The van der Waals surface area contributed by atoms with Gasteiger partial charge in [-0.1, -0.05) is 24.3 Å². The summed E-state index contributed by atoms with van der Waals surface area (Å²) in [6, 6.07) is 10.5. The number of carbonyl (C=O) groups is 1. The van der Waals surface area contributed by atoms with Crippen molar-refractivity contribution in [1.29, 1.82) is 0 Å². The second kappa shape index (κ2) is 6.16. The Kier molecular flexibility index (Phi) is 4.22. The summed E-state index contributed by atoms with van der Waals surface area (Å²) >= 11 is 0. The molecule has 1 aromatic carbocycles.